The molecule has 2 aromatic rings. The molecular formula is C24H33N7O3. The molecule has 2 aliphatic heterocycles. The summed E-state index contributed by atoms with van der Waals surface area (Å²) in [4.78, 5) is 41.6. The Kier molecular flexibility index (Phi) is 6.58. The lowest BCUT2D eigenvalue weighted by molar-refractivity contribution is 0.0266. The number of ether oxygens (including phenoxy) is 1. The van der Waals surface area contributed by atoms with Gasteiger partial charge >= 0.3 is 6.09 Å². The first kappa shape index (κ1) is 23.7. The van der Waals surface area contributed by atoms with Gasteiger partial charge in [-0.25, -0.2) is 14.8 Å². The minimum absolute atomic E-state index is 0.127. The third-order valence-electron chi connectivity index (χ3n) is 6.36. The van der Waals surface area contributed by atoms with E-state index in [0.29, 0.717) is 17.5 Å². The molecule has 2 aliphatic rings. The Morgan fingerprint density at radius 3 is 2.53 bits per heavy atom. The molecule has 0 aliphatic carbocycles. The molecule has 3 heterocycles. The zero-order valence-corrected chi connectivity index (χ0v) is 20.3. The summed E-state index contributed by atoms with van der Waals surface area (Å²) in [5, 5.41) is 5.78. The number of amides is 2. The lowest BCUT2D eigenvalue weighted by Crippen LogP contribution is -2.43. The minimum Gasteiger partial charge on any atom is -0.444 e. The number of piperidine rings is 1. The quantitative estimate of drug-likeness (QED) is 0.705. The molecule has 2 fully saturated rings. The third-order valence-corrected chi connectivity index (χ3v) is 6.36. The van der Waals surface area contributed by atoms with Gasteiger partial charge in [0.25, 0.3) is 5.91 Å². The Morgan fingerprint density at radius 2 is 1.82 bits per heavy atom. The van der Waals surface area contributed by atoms with E-state index in [4.69, 9.17) is 4.74 Å². The molecule has 0 bridgehead atoms. The number of carbonyl (C=O) groups is 2. The van der Waals surface area contributed by atoms with E-state index < -0.39 is 5.60 Å². The standard InChI is InChI=1S/C24H33N7O3/c1-23(2,3)34-22(33)31-13-10-24(15-31)8-11-30(12-9-24)21-27-16-26-20(29-21)28-18-7-5-6-17(14-18)19(32)25-4/h5-7,14,16H,8-13,15H2,1-4H3,(H,25,32)(H,26,27,28,29). The summed E-state index contributed by atoms with van der Waals surface area (Å²) in [5.41, 5.74) is 0.927. The third kappa shape index (κ3) is 5.55. The summed E-state index contributed by atoms with van der Waals surface area (Å²) >= 11 is 0. The molecule has 10 nitrogen and oxygen atoms in total. The highest BCUT2D eigenvalue weighted by Crippen LogP contribution is 2.41. The van der Waals surface area contributed by atoms with Gasteiger partial charge in [0, 0.05) is 44.5 Å². The van der Waals surface area contributed by atoms with Gasteiger partial charge in [0.1, 0.15) is 11.9 Å². The lowest BCUT2D eigenvalue weighted by atomic mass is 9.78. The van der Waals surface area contributed by atoms with Crippen LogP contribution in [0.1, 0.15) is 50.4 Å². The van der Waals surface area contributed by atoms with Crippen LogP contribution < -0.4 is 15.5 Å². The zero-order chi connectivity index (χ0) is 24.3. The first-order valence-corrected chi connectivity index (χ1v) is 11.7. The van der Waals surface area contributed by atoms with Gasteiger partial charge in [0.15, 0.2) is 0 Å². The van der Waals surface area contributed by atoms with Crippen LogP contribution in [0.3, 0.4) is 0 Å². The van der Waals surface area contributed by atoms with Crippen LogP contribution in [0.4, 0.5) is 22.4 Å². The Morgan fingerprint density at radius 1 is 1.09 bits per heavy atom. The second kappa shape index (κ2) is 9.44. The average Bonchev–Trinajstić information content (AvgIpc) is 3.22. The Labute approximate surface area is 200 Å². The summed E-state index contributed by atoms with van der Waals surface area (Å²) in [7, 11) is 1.60. The van der Waals surface area contributed by atoms with E-state index in [0.717, 1.165) is 51.1 Å². The molecule has 2 amide bonds. The molecule has 34 heavy (non-hydrogen) atoms. The first-order valence-electron chi connectivity index (χ1n) is 11.7. The van der Waals surface area contributed by atoms with Crippen molar-refractivity contribution >= 4 is 29.6 Å². The molecule has 0 atom stereocenters. The number of carbonyl (C=O) groups excluding carboxylic acids is 2. The summed E-state index contributed by atoms with van der Waals surface area (Å²) in [5.74, 6) is 0.896. The summed E-state index contributed by atoms with van der Waals surface area (Å²) < 4.78 is 5.56. The van der Waals surface area contributed by atoms with E-state index in [1.165, 1.54) is 6.33 Å². The number of rotatable bonds is 4. The number of hydrogen-bond acceptors (Lipinski definition) is 8. The van der Waals surface area contributed by atoms with Crippen LogP contribution in [0.5, 0.6) is 0 Å². The van der Waals surface area contributed by atoms with Crippen LogP contribution in [0.25, 0.3) is 0 Å². The number of anilines is 3. The van der Waals surface area contributed by atoms with Crippen molar-refractivity contribution in [2.24, 2.45) is 5.41 Å². The molecule has 182 valence electrons. The van der Waals surface area contributed by atoms with E-state index in [1.807, 2.05) is 31.7 Å². The molecule has 2 N–H and O–H groups in total. The monoisotopic (exact) mass is 467 g/mol. The molecule has 2 saturated heterocycles. The van der Waals surface area contributed by atoms with Gasteiger partial charge in [-0.1, -0.05) is 6.07 Å². The van der Waals surface area contributed by atoms with Crippen LogP contribution in [0.2, 0.25) is 0 Å². The van der Waals surface area contributed by atoms with Gasteiger partial charge in [0.05, 0.1) is 0 Å². The summed E-state index contributed by atoms with van der Waals surface area (Å²) in [6.07, 6.45) is 4.20. The number of likely N-dealkylation sites (tertiary alicyclic amines) is 1. The maximum Gasteiger partial charge on any atom is 0.410 e. The molecule has 4 rings (SSSR count). The maximum atomic E-state index is 12.5. The van der Waals surface area contributed by atoms with Crippen molar-refractivity contribution in [3.8, 4) is 0 Å². The van der Waals surface area contributed by atoms with Crippen molar-refractivity contribution in [2.45, 2.75) is 45.6 Å². The highest BCUT2D eigenvalue weighted by atomic mass is 16.6. The molecular weight excluding hydrogens is 434 g/mol. The smallest absolute Gasteiger partial charge is 0.410 e. The molecule has 10 heteroatoms. The highest BCUT2D eigenvalue weighted by molar-refractivity contribution is 5.95. The second-order valence-electron chi connectivity index (χ2n) is 10.0. The fraction of sp³-hybridized carbons (Fsp3) is 0.542. The van der Waals surface area contributed by atoms with Crippen LogP contribution in [-0.2, 0) is 4.74 Å². The number of benzene rings is 1. The molecule has 1 aromatic heterocycles. The number of aromatic nitrogens is 3. The zero-order valence-electron chi connectivity index (χ0n) is 20.3. The fourth-order valence-electron chi connectivity index (χ4n) is 4.52. The van der Waals surface area contributed by atoms with Crippen LogP contribution in [0.15, 0.2) is 30.6 Å². The van der Waals surface area contributed by atoms with Gasteiger partial charge in [-0.3, -0.25) is 4.79 Å². The number of nitrogens with zero attached hydrogens (tertiary/aromatic N) is 5. The van der Waals surface area contributed by atoms with Crippen molar-refractivity contribution in [1.29, 1.82) is 0 Å². The normalized spacial score (nSPS) is 17.5. The van der Waals surface area contributed by atoms with Crippen LogP contribution in [-0.4, -0.2) is 70.7 Å². The SMILES string of the molecule is CNC(=O)c1cccc(Nc2ncnc(N3CCC4(CCN(C(=O)OC(C)(C)C)C4)CC3)n2)c1. The van der Waals surface area contributed by atoms with Gasteiger partial charge in [0.2, 0.25) is 11.9 Å². The van der Waals surface area contributed by atoms with E-state index >= 15 is 0 Å². The molecule has 0 unspecified atom stereocenters. The maximum absolute atomic E-state index is 12.5. The Balaban J connectivity index is 1.36. The number of hydrogen-bond donors (Lipinski definition) is 2. The largest absolute Gasteiger partial charge is 0.444 e. The highest BCUT2D eigenvalue weighted by Gasteiger charge is 2.43. The summed E-state index contributed by atoms with van der Waals surface area (Å²) in [6.45, 7) is 8.80. The van der Waals surface area contributed by atoms with Crippen LogP contribution >= 0.6 is 0 Å². The second-order valence-corrected chi connectivity index (χ2v) is 10.0. The van der Waals surface area contributed by atoms with E-state index in [9.17, 15) is 9.59 Å². The van der Waals surface area contributed by atoms with Gasteiger partial charge in [-0.05, 0) is 63.6 Å². The van der Waals surface area contributed by atoms with Crippen molar-refractivity contribution in [2.75, 3.05) is 43.4 Å². The van der Waals surface area contributed by atoms with Gasteiger partial charge in [-0.2, -0.15) is 4.98 Å². The molecule has 0 radical (unpaired) electrons. The average molecular weight is 468 g/mol. The Hall–Kier alpha value is -3.43. The van der Waals surface area contributed by atoms with Crippen molar-refractivity contribution in [1.82, 2.24) is 25.2 Å². The number of nitrogens with one attached hydrogen (secondary N) is 2. The van der Waals surface area contributed by atoms with Gasteiger partial charge < -0.3 is 25.2 Å². The Bertz CT molecular complexity index is 1040. The minimum atomic E-state index is -0.482. The summed E-state index contributed by atoms with van der Waals surface area (Å²) in [6, 6.07) is 7.17. The molecule has 1 spiro atoms. The molecule has 1 aromatic carbocycles. The van der Waals surface area contributed by atoms with Crippen LogP contribution in [0, 0.1) is 5.41 Å². The molecule has 0 saturated carbocycles. The first-order chi connectivity index (χ1) is 16.2. The van der Waals surface area contributed by atoms with Gasteiger partial charge in [-0.15, -0.1) is 0 Å². The van der Waals surface area contributed by atoms with Crippen molar-refractivity contribution in [3.05, 3.63) is 36.2 Å². The van der Waals surface area contributed by atoms with Crippen molar-refractivity contribution < 1.29 is 14.3 Å². The fourth-order valence-corrected chi connectivity index (χ4v) is 4.52. The van der Waals surface area contributed by atoms with E-state index in [1.54, 1.807) is 25.2 Å². The predicted molar refractivity (Wildman–Crippen MR) is 129 cm³/mol. The lowest BCUT2D eigenvalue weighted by Gasteiger charge is -2.39. The van der Waals surface area contributed by atoms with E-state index in [-0.39, 0.29) is 17.4 Å². The topological polar surface area (TPSA) is 113 Å². The van der Waals surface area contributed by atoms with E-state index in [2.05, 4.69) is 30.5 Å². The predicted octanol–water partition coefficient (Wildman–Crippen LogP) is 3.20. The van der Waals surface area contributed by atoms with Crippen molar-refractivity contribution in [3.63, 3.8) is 0 Å².